The molecule has 2 aliphatic heterocycles. The number of aryl methyl sites for hydroxylation is 1. The Labute approximate surface area is 179 Å². The predicted octanol–water partition coefficient (Wildman–Crippen LogP) is 4.64. The zero-order valence-electron chi connectivity index (χ0n) is 18.6. The van der Waals surface area contributed by atoms with Gasteiger partial charge in [0, 0.05) is 43.9 Å². The number of anilines is 2. The van der Waals surface area contributed by atoms with Crippen molar-refractivity contribution >= 4 is 23.4 Å². The van der Waals surface area contributed by atoms with Gasteiger partial charge in [-0.25, -0.2) is 0 Å². The van der Waals surface area contributed by atoms with Crippen molar-refractivity contribution in [1.82, 2.24) is 5.32 Å². The molecule has 30 heavy (non-hydrogen) atoms. The molecule has 0 saturated carbocycles. The van der Waals surface area contributed by atoms with E-state index >= 15 is 0 Å². The highest BCUT2D eigenvalue weighted by atomic mass is 16.2. The smallest absolute Gasteiger partial charge is 0.223 e. The third-order valence-corrected chi connectivity index (χ3v) is 6.53. The van der Waals surface area contributed by atoms with Gasteiger partial charge < -0.3 is 15.1 Å². The fraction of sp³-hybridized carbons (Fsp3) is 0.346. The molecule has 0 spiro atoms. The first-order chi connectivity index (χ1) is 14.2. The minimum atomic E-state index is -0.558. The summed E-state index contributed by atoms with van der Waals surface area (Å²) in [6, 6.07) is 15.1. The summed E-state index contributed by atoms with van der Waals surface area (Å²) in [5, 5.41) is 3.33. The van der Waals surface area contributed by atoms with Crippen LogP contribution in [0.15, 0.2) is 60.7 Å². The fourth-order valence-corrected chi connectivity index (χ4v) is 4.71. The number of carbonyl (C=O) groups excluding carboxylic acids is 1. The van der Waals surface area contributed by atoms with Gasteiger partial charge in [-0.15, -0.1) is 0 Å². The monoisotopic (exact) mass is 401 g/mol. The Kier molecular flexibility index (Phi) is 4.97. The van der Waals surface area contributed by atoms with Crippen molar-refractivity contribution in [2.24, 2.45) is 0 Å². The summed E-state index contributed by atoms with van der Waals surface area (Å²) in [5.41, 5.74) is 5.28. The lowest BCUT2D eigenvalue weighted by atomic mass is 9.74. The number of amides is 1. The van der Waals surface area contributed by atoms with Gasteiger partial charge in [0.2, 0.25) is 5.91 Å². The van der Waals surface area contributed by atoms with Crippen LogP contribution in [0.4, 0.5) is 11.4 Å². The van der Waals surface area contributed by atoms with Gasteiger partial charge in [0.25, 0.3) is 0 Å². The third-order valence-electron chi connectivity index (χ3n) is 6.53. The van der Waals surface area contributed by atoms with E-state index in [0.29, 0.717) is 6.42 Å². The highest BCUT2D eigenvalue weighted by molar-refractivity contribution is 5.84. The van der Waals surface area contributed by atoms with E-state index in [4.69, 9.17) is 0 Å². The molecule has 4 rings (SSSR count). The zero-order valence-corrected chi connectivity index (χ0v) is 18.6. The molecular weight excluding hydrogens is 370 g/mol. The molecule has 0 radical (unpaired) electrons. The van der Waals surface area contributed by atoms with E-state index in [1.54, 1.807) is 0 Å². The molecule has 156 valence electrons. The predicted molar refractivity (Wildman–Crippen MR) is 126 cm³/mol. The Bertz CT molecular complexity index is 1020. The minimum absolute atomic E-state index is 0.108. The number of rotatable bonds is 4. The Morgan fingerprint density at radius 3 is 2.50 bits per heavy atom. The van der Waals surface area contributed by atoms with Crippen LogP contribution in [0.3, 0.4) is 0 Å². The van der Waals surface area contributed by atoms with Crippen LogP contribution in [0.1, 0.15) is 37.0 Å². The van der Waals surface area contributed by atoms with E-state index in [-0.39, 0.29) is 11.3 Å². The quantitative estimate of drug-likeness (QED) is 0.758. The topological polar surface area (TPSA) is 35.6 Å². The van der Waals surface area contributed by atoms with Crippen molar-refractivity contribution in [2.75, 3.05) is 30.4 Å². The lowest BCUT2D eigenvalue weighted by Crippen LogP contribution is -2.68. The maximum Gasteiger partial charge on any atom is 0.223 e. The van der Waals surface area contributed by atoms with Gasteiger partial charge in [-0.05, 0) is 42.3 Å². The molecule has 1 fully saturated rings. The largest absolute Gasteiger partial charge is 0.378 e. The van der Waals surface area contributed by atoms with E-state index in [0.717, 1.165) is 12.1 Å². The molecule has 1 saturated heterocycles. The van der Waals surface area contributed by atoms with Crippen LogP contribution < -0.4 is 15.1 Å². The summed E-state index contributed by atoms with van der Waals surface area (Å²) < 4.78 is 0. The Balaban J connectivity index is 1.65. The van der Waals surface area contributed by atoms with Crippen LogP contribution in [0.2, 0.25) is 0 Å². The number of nitrogens with zero attached hydrogens (tertiary/aromatic N) is 2. The fourth-order valence-electron chi connectivity index (χ4n) is 4.71. The molecule has 1 amide bonds. The molecule has 2 aliphatic rings. The van der Waals surface area contributed by atoms with Crippen LogP contribution >= 0.6 is 0 Å². The van der Waals surface area contributed by atoms with E-state index < -0.39 is 5.66 Å². The van der Waals surface area contributed by atoms with Crippen molar-refractivity contribution in [3.8, 4) is 0 Å². The second kappa shape index (κ2) is 7.35. The third kappa shape index (κ3) is 3.20. The van der Waals surface area contributed by atoms with Gasteiger partial charge in [0.1, 0.15) is 5.66 Å². The molecule has 4 heteroatoms. The zero-order chi connectivity index (χ0) is 21.5. The number of hydrogen-bond acceptors (Lipinski definition) is 3. The van der Waals surface area contributed by atoms with Crippen LogP contribution in [0.5, 0.6) is 0 Å². The van der Waals surface area contributed by atoms with Crippen LogP contribution in [0, 0.1) is 6.92 Å². The van der Waals surface area contributed by atoms with Gasteiger partial charge in [-0.1, -0.05) is 61.9 Å². The van der Waals surface area contributed by atoms with Gasteiger partial charge in [-0.2, -0.15) is 0 Å². The van der Waals surface area contributed by atoms with Crippen molar-refractivity contribution in [3.05, 3.63) is 77.4 Å². The molecule has 2 aromatic carbocycles. The van der Waals surface area contributed by atoms with Crippen LogP contribution in [0.25, 0.3) is 6.08 Å². The molecule has 4 nitrogen and oxygen atoms in total. The van der Waals surface area contributed by atoms with Crippen molar-refractivity contribution in [3.63, 3.8) is 0 Å². The second-order valence-electron chi connectivity index (χ2n) is 9.07. The molecule has 1 unspecified atom stereocenters. The molecule has 0 aromatic heterocycles. The summed E-state index contributed by atoms with van der Waals surface area (Å²) >= 11 is 0. The summed E-state index contributed by atoms with van der Waals surface area (Å²) in [7, 11) is 4.08. The number of benzene rings is 2. The Morgan fingerprint density at radius 1 is 1.07 bits per heavy atom. The number of hydrogen-bond donors (Lipinski definition) is 1. The van der Waals surface area contributed by atoms with Gasteiger partial charge in [0.15, 0.2) is 0 Å². The SMILES string of the molecule is Cc1ccc2c(c1)C(C)(C)C1(C=CC=Cc3ccc(N(C)C)cc3)NC(=O)CCN21. The van der Waals surface area contributed by atoms with E-state index in [9.17, 15) is 4.79 Å². The average Bonchev–Trinajstić information content (AvgIpc) is 2.89. The Hall–Kier alpha value is -3.01. The summed E-state index contributed by atoms with van der Waals surface area (Å²) in [4.78, 5) is 16.9. The average molecular weight is 402 g/mol. The van der Waals surface area contributed by atoms with Crippen molar-refractivity contribution < 1.29 is 4.79 Å². The molecule has 0 bridgehead atoms. The number of allylic oxidation sites excluding steroid dienone is 2. The molecule has 2 heterocycles. The standard InChI is InChI=1S/C26H31N3O/c1-19-9-14-23-22(18-19)25(2,3)26(27-24(30)15-17-29(23)26)16-7-6-8-20-10-12-21(13-11-20)28(4)5/h6-14,16,18H,15,17H2,1-5H3,(H,27,30). The highest BCUT2D eigenvalue weighted by Gasteiger charge is 2.57. The normalized spacial score (nSPS) is 22.3. The molecule has 2 aromatic rings. The van der Waals surface area contributed by atoms with Crippen LogP contribution in [-0.4, -0.2) is 32.2 Å². The molecule has 1 atom stereocenters. The highest BCUT2D eigenvalue weighted by Crippen LogP contribution is 2.52. The van der Waals surface area contributed by atoms with E-state index in [1.807, 2.05) is 14.1 Å². The summed E-state index contributed by atoms with van der Waals surface area (Å²) in [5.74, 6) is 0.108. The first-order valence-corrected chi connectivity index (χ1v) is 10.6. The van der Waals surface area contributed by atoms with Gasteiger partial charge in [-0.3, -0.25) is 4.79 Å². The number of nitrogens with one attached hydrogen (secondary N) is 1. The number of carbonyl (C=O) groups is 1. The lowest BCUT2D eigenvalue weighted by Gasteiger charge is -2.49. The van der Waals surface area contributed by atoms with Crippen molar-refractivity contribution in [1.29, 1.82) is 0 Å². The first kappa shape index (κ1) is 20.3. The maximum atomic E-state index is 12.5. The summed E-state index contributed by atoms with van der Waals surface area (Å²) in [6.45, 7) is 7.31. The van der Waals surface area contributed by atoms with Gasteiger partial charge >= 0.3 is 0 Å². The number of fused-ring (bicyclic) bond motifs is 3. The Morgan fingerprint density at radius 2 is 1.80 bits per heavy atom. The van der Waals surface area contributed by atoms with E-state index in [2.05, 4.69) is 103 Å². The maximum absolute atomic E-state index is 12.5. The van der Waals surface area contributed by atoms with Crippen molar-refractivity contribution in [2.45, 2.75) is 38.3 Å². The van der Waals surface area contributed by atoms with Gasteiger partial charge in [0.05, 0.1) is 0 Å². The summed E-state index contributed by atoms with van der Waals surface area (Å²) in [6.07, 6.45) is 8.90. The lowest BCUT2D eigenvalue weighted by molar-refractivity contribution is -0.124. The molecule has 1 N–H and O–H groups in total. The molecule has 0 aliphatic carbocycles. The van der Waals surface area contributed by atoms with E-state index in [1.165, 1.54) is 22.5 Å². The van der Waals surface area contributed by atoms with Crippen LogP contribution in [-0.2, 0) is 10.2 Å². The first-order valence-electron chi connectivity index (χ1n) is 10.6. The second-order valence-corrected chi connectivity index (χ2v) is 9.07. The molecular formula is C26H31N3O. The minimum Gasteiger partial charge on any atom is -0.378 e.